The van der Waals surface area contributed by atoms with Crippen LogP contribution >= 0.6 is 20.7 Å². The van der Waals surface area contributed by atoms with E-state index in [0.29, 0.717) is 0 Å². The second-order valence-electron chi connectivity index (χ2n) is 2.31. The van der Waals surface area contributed by atoms with Crippen molar-refractivity contribution >= 4 is 24.4 Å². The summed E-state index contributed by atoms with van der Waals surface area (Å²) in [4.78, 5) is 10.2. The van der Waals surface area contributed by atoms with Crippen LogP contribution in [0.5, 0.6) is 0 Å². The lowest BCUT2D eigenvalue weighted by Gasteiger charge is -2.05. The molecule has 0 aromatic carbocycles. The summed E-state index contributed by atoms with van der Waals surface area (Å²) in [6.45, 7) is 1.88. The molecule has 12 heavy (non-hydrogen) atoms. The smallest absolute Gasteiger partial charge is 0.281 e. The van der Waals surface area contributed by atoms with Crippen molar-refractivity contribution in [3.63, 3.8) is 0 Å². The van der Waals surface area contributed by atoms with Gasteiger partial charge in [0, 0.05) is 6.08 Å². The Kier molecular flexibility index (Phi) is 3.10. The van der Waals surface area contributed by atoms with Crippen LogP contribution in [0, 0.1) is 10.1 Å². The fraction of sp³-hybridized carbons (Fsp3) is 0.286. The van der Waals surface area contributed by atoms with Gasteiger partial charge >= 0.3 is 0 Å². The maximum atomic E-state index is 10.5. The third-order valence-corrected chi connectivity index (χ3v) is 4.35. The highest BCUT2D eigenvalue weighted by Crippen LogP contribution is 2.19. The fourth-order valence-electron chi connectivity index (χ4n) is 0.822. The van der Waals surface area contributed by atoms with Crippen LogP contribution < -0.4 is 5.32 Å². The molecule has 0 saturated heterocycles. The van der Waals surface area contributed by atoms with E-state index in [-0.39, 0.29) is 31.4 Å². The third-order valence-electron chi connectivity index (χ3n) is 1.34. The van der Waals surface area contributed by atoms with E-state index in [1.165, 1.54) is 0 Å². The number of rotatable bonds is 2. The van der Waals surface area contributed by atoms with Crippen molar-refractivity contribution in [3.8, 4) is 0 Å². The van der Waals surface area contributed by atoms with Crippen molar-refractivity contribution in [2.45, 2.75) is 6.92 Å². The van der Waals surface area contributed by atoms with E-state index < -0.39 is 0 Å². The van der Waals surface area contributed by atoms with Crippen molar-refractivity contribution in [2.24, 2.45) is 0 Å². The average Bonchev–Trinajstić information content (AvgIpc) is 2.04. The monoisotopic (exact) mass is 280 g/mol. The Hall–Kier alpha value is -0.560. The third kappa shape index (κ3) is 1.98. The zero-order chi connectivity index (χ0) is 9.14. The molecule has 0 bridgehead atoms. The Morgan fingerprint density at radius 2 is 2.33 bits per heavy atom. The maximum absolute atomic E-state index is 10.5. The van der Waals surface area contributed by atoms with Gasteiger partial charge in [0.1, 0.15) is 3.63 Å². The largest absolute Gasteiger partial charge is 0.293 e. The van der Waals surface area contributed by atoms with Crippen LogP contribution in [-0.2, 0) is 0 Å². The maximum Gasteiger partial charge on any atom is 0.293 e. The van der Waals surface area contributed by atoms with Gasteiger partial charge in [0.15, 0.2) is 0 Å². The summed E-state index contributed by atoms with van der Waals surface area (Å²) < 4.78 is 2.85. The summed E-state index contributed by atoms with van der Waals surface area (Å²) in [6, 6.07) is 0. The zero-order valence-electron chi connectivity index (χ0n) is 6.80. The number of hydrogen-bond donors (Lipinski definition) is 1. The number of nitro groups is 1. The SMILES string of the molecule is CNC1=IC=C(C)C=C1[N+](=O)[O-]. The Morgan fingerprint density at radius 3 is 2.83 bits per heavy atom. The van der Waals surface area contributed by atoms with E-state index in [2.05, 4.69) is 9.40 Å². The Bertz CT molecular complexity index is 305. The van der Waals surface area contributed by atoms with Gasteiger partial charge in [0.25, 0.3) is 5.70 Å². The van der Waals surface area contributed by atoms with Gasteiger partial charge in [-0.3, -0.25) is 15.4 Å². The van der Waals surface area contributed by atoms with Gasteiger partial charge in [-0.2, -0.15) is 0 Å². The highest BCUT2D eigenvalue weighted by molar-refractivity contribution is 14.2. The molecule has 1 N–H and O–H groups in total. The first-order valence-corrected chi connectivity index (χ1v) is 5.69. The molecule has 0 aliphatic carbocycles. The van der Waals surface area contributed by atoms with Crippen molar-refractivity contribution in [1.29, 1.82) is 0 Å². The number of nitrogens with one attached hydrogen (secondary N) is 1. The van der Waals surface area contributed by atoms with Crippen LogP contribution in [0.3, 0.4) is 0 Å². The molecule has 0 saturated carbocycles. The van der Waals surface area contributed by atoms with E-state index in [1.54, 1.807) is 13.1 Å². The van der Waals surface area contributed by atoms with Crippen molar-refractivity contribution in [2.75, 3.05) is 7.05 Å². The number of likely N-dealkylation sites (N-methyl/N-ethyl adjacent to an activating group) is 1. The minimum atomic E-state index is -0.332. The molecule has 0 fully saturated rings. The molecule has 66 valence electrons. The van der Waals surface area contributed by atoms with E-state index in [4.69, 9.17) is 0 Å². The summed E-state index contributed by atoms with van der Waals surface area (Å²) >= 11 is -0.332. The van der Waals surface area contributed by atoms with Crippen LogP contribution in [0.1, 0.15) is 6.92 Å². The second kappa shape index (κ2) is 3.90. The van der Waals surface area contributed by atoms with E-state index in [0.717, 1.165) is 9.21 Å². The highest BCUT2D eigenvalue weighted by atomic mass is 127. The van der Waals surface area contributed by atoms with Gasteiger partial charge in [-0.1, -0.05) is 20.7 Å². The Labute approximate surface area is 80.2 Å². The van der Waals surface area contributed by atoms with E-state index >= 15 is 0 Å². The number of allylic oxidation sites excluding steroid dienone is 2. The molecule has 0 amide bonds. The summed E-state index contributed by atoms with van der Waals surface area (Å²) in [6.07, 6.45) is 1.61. The Morgan fingerprint density at radius 1 is 1.67 bits per heavy atom. The molecule has 0 aromatic heterocycles. The molecular formula is C7H9IN2O2. The number of nitrogens with zero attached hydrogens (tertiary/aromatic N) is 1. The molecular weight excluding hydrogens is 271 g/mol. The molecule has 0 spiro atoms. The Balaban J connectivity index is 3.05. The molecule has 1 rings (SSSR count). The van der Waals surface area contributed by atoms with E-state index in [9.17, 15) is 10.1 Å². The normalized spacial score (nSPS) is 17.0. The van der Waals surface area contributed by atoms with Crippen LogP contribution in [-0.4, -0.2) is 15.6 Å². The molecule has 0 aromatic rings. The van der Waals surface area contributed by atoms with Crippen LogP contribution in [0.4, 0.5) is 0 Å². The van der Waals surface area contributed by atoms with Gasteiger partial charge in [-0.05, 0) is 23.6 Å². The van der Waals surface area contributed by atoms with Gasteiger partial charge < -0.3 is 0 Å². The van der Waals surface area contributed by atoms with Crippen molar-refractivity contribution in [1.82, 2.24) is 5.32 Å². The van der Waals surface area contributed by atoms with Gasteiger partial charge in [-0.25, -0.2) is 0 Å². The summed E-state index contributed by atoms with van der Waals surface area (Å²) in [5.74, 6) is 0. The average molecular weight is 280 g/mol. The fourth-order valence-corrected chi connectivity index (χ4v) is 2.79. The molecule has 1 aliphatic heterocycles. The second-order valence-corrected chi connectivity index (χ2v) is 4.64. The molecule has 1 aliphatic rings. The minimum Gasteiger partial charge on any atom is -0.281 e. The lowest BCUT2D eigenvalue weighted by atomic mass is 10.3. The van der Waals surface area contributed by atoms with Gasteiger partial charge in [0.2, 0.25) is 0 Å². The number of hydrogen-bond acceptors (Lipinski definition) is 3. The molecule has 4 nitrogen and oxygen atoms in total. The van der Waals surface area contributed by atoms with E-state index in [1.807, 2.05) is 6.92 Å². The van der Waals surface area contributed by atoms with Crippen LogP contribution in [0.25, 0.3) is 0 Å². The molecule has 5 heteroatoms. The van der Waals surface area contributed by atoms with Gasteiger partial charge in [-0.15, -0.1) is 0 Å². The predicted molar refractivity (Wildman–Crippen MR) is 56.9 cm³/mol. The standard InChI is InChI=1S/C7H9IN2O2/c1-5-3-6(10(11)12)7(9-2)8-4-5/h3-4,9H,1-2H3. The minimum absolute atomic E-state index is 0.227. The van der Waals surface area contributed by atoms with Crippen molar-refractivity contribution < 1.29 is 4.92 Å². The molecule has 0 atom stereocenters. The highest BCUT2D eigenvalue weighted by Gasteiger charge is 2.18. The topological polar surface area (TPSA) is 55.2 Å². The van der Waals surface area contributed by atoms with Crippen molar-refractivity contribution in [3.05, 3.63) is 31.5 Å². The molecule has 1 heterocycles. The first kappa shape index (κ1) is 9.53. The van der Waals surface area contributed by atoms with Gasteiger partial charge in [0.05, 0.1) is 4.92 Å². The first-order chi connectivity index (χ1) is 5.65. The van der Waals surface area contributed by atoms with Crippen LogP contribution in [0.2, 0.25) is 0 Å². The number of halogens is 1. The lowest BCUT2D eigenvalue weighted by molar-refractivity contribution is -0.415. The summed E-state index contributed by atoms with van der Waals surface area (Å²) in [5, 5.41) is 13.4. The zero-order valence-corrected chi connectivity index (χ0v) is 8.95. The quantitative estimate of drug-likeness (QED) is 0.472. The summed E-state index contributed by atoms with van der Waals surface area (Å²) in [7, 11) is 1.72. The summed E-state index contributed by atoms with van der Waals surface area (Å²) in [5.41, 5.74) is 1.22. The predicted octanol–water partition coefficient (Wildman–Crippen LogP) is 1.38. The first-order valence-electron chi connectivity index (χ1n) is 3.36. The van der Waals surface area contributed by atoms with Crippen LogP contribution in [0.15, 0.2) is 21.4 Å². The molecule has 0 radical (unpaired) electrons. The molecule has 0 unspecified atom stereocenters. The lowest BCUT2D eigenvalue weighted by Crippen LogP contribution is -2.23.